The van der Waals surface area contributed by atoms with E-state index >= 15 is 0 Å². The summed E-state index contributed by atoms with van der Waals surface area (Å²) < 4.78 is 13.0. The third-order valence-corrected chi connectivity index (χ3v) is 5.65. The Balaban J connectivity index is 1.41. The van der Waals surface area contributed by atoms with Gasteiger partial charge in [-0.15, -0.1) is 0 Å². The van der Waals surface area contributed by atoms with Gasteiger partial charge in [-0.2, -0.15) is 0 Å². The fourth-order valence-electron chi connectivity index (χ4n) is 4.10. The van der Waals surface area contributed by atoms with Crippen LogP contribution in [0, 0.1) is 11.7 Å². The van der Waals surface area contributed by atoms with Crippen LogP contribution >= 0.6 is 0 Å². The zero-order valence-corrected chi connectivity index (χ0v) is 15.9. The lowest BCUT2D eigenvalue weighted by Gasteiger charge is -2.33. The second-order valence-electron chi connectivity index (χ2n) is 7.83. The van der Waals surface area contributed by atoms with Crippen LogP contribution < -0.4 is 10.6 Å². The quantitative estimate of drug-likeness (QED) is 0.806. The summed E-state index contributed by atoms with van der Waals surface area (Å²) in [6.45, 7) is 1.39. The maximum Gasteiger partial charge on any atom is 0.321 e. The molecule has 0 unspecified atom stereocenters. The van der Waals surface area contributed by atoms with Gasteiger partial charge in [-0.1, -0.05) is 19.3 Å². The smallest absolute Gasteiger partial charge is 0.321 e. The summed E-state index contributed by atoms with van der Waals surface area (Å²) >= 11 is 0. The fraction of sp³-hybridized carbons (Fsp3) is 0.619. The Morgan fingerprint density at radius 2 is 1.78 bits per heavy atom. The molecule has 27 heavy (non-hydrogen) atoms. The molecule has 6 heteroatoms. The van der Waals surface area contributed by atoms with Crippen molar-refractivity contribution in [3.63, 3.8) is 0 Å². The van der Waals surface area contributed by atoms with Crippen molar-refractivity contribution in [2.24, 2.45) is 5.92 Å². The van der Waals surface area contributed by atoms with E-state index in [2.05, 4.69) is 10.6 Å². The monoisotopic (exact) mass is 375 g/mol. The maximum absolute atomic E-state index is 13.0. The lowest BCUT2D eigenvalue weighted by Crippen LogP contribution is -2.42. The fourth-order valence-corrected chi connectivity index (χ4v) is 4.10. The Kier molecular flexibility index (Phi) is 7.07. The second kappa shape index (κ2) is 9.72. The van der Waals surface area contributed by atoms with Gasteiger partial charge < -0.3 is 15.5 Å². The average Bonchev–Trinajstić information content (AvgIpc) is 2.69. The molecule has 0 aromatic heterocycles. The van der Waals surface area contributed by atoms with Crippen LogP contribution in [0.2, 0.25) is 0 Å². The number of hydrogen-bond donors (Lipinski definition) is 2. The summed E-state index contributed by atoms with van der Waals surface area (Å²) in [5.74, 6) is 0.183. The Labute approximate surface area is 160 Å². The Bertz CT molecular complexity index is 629. The number of anilines is 1. The molecular formula is C21H30FN3O2. The van der Waals surface area contributed by atoms with Crippen LogP contribution in [-0.4, -0.2) is 36.0 Å². The zero-order valence-electron chi connectivity index (χ0n) is 15.9. The van der Waals surface area contributed by atoms with E-state index in [0.717, 1.165) is 38.6 Å². The minimum atomic E-state index is -0.322. The summed E-state index contributed by atoms with van der Waals surface area (Å²) in [5, 5.41) is 5.99. The number of nitrogens with one attached hydrogen (secondary N) is 2. The van der Waals surface area contributed by atoms with Crippen LogP contribution in [0.15, 0.2) is 24.3 Å². The highest BCUT2D eigenvalue weighted by atomic mass is 19.1. The number of nitrogens with zero attached hydrogens (tertiary/aromatic N) is 1. The molecule has 1 heterocycles. The molecule has 1 aromatic rings. The molecule has 3 amide bonds. The number of likely N-dealkylation sites (tertiary alicyclic amines) is 1. The van der Waals surface area contributed by atoms with Crippen molar-refractivity contribution in [1.29, 1.82) is 0 Å². The number of urea groups is 1. The summed E-state index contributed by atoms with van der Waals surface area (Å²) in [5.41, 5.74) is 0.593. The van der Waals surface area contributed by atoms with E-state index < -0.39 is 0 Å². The van der Waals surface area contributed by atoms with Crippen molar-refractivity contribution >= 4 is 17.6 Å². The molecule has 1 aromatic carbocycles. The van der Waals surface area contributed by atoms with Crippen LogP contribution in [0.3, 0.4) is 0 Å². The van der Waals surface area contributed by atoms with E-state index in [1.165, 1.54) is 31.4 Å². The Morgan fingerprint density at radius 1 is 1.04 bits per heavy atom. The van der Waals surface area contributed by atoms with Crippen molar-refractivity contribution in [1.82, 2.24) is 10.2 Å². The molecule has 0 radical (unpaired) electrons. The number of carbonyl (C=O) groups excluding carboxylic acids is 2. The molecule has 5 nitrogen and oxygen atoms in total. The van der Waals surface area contributed by atoms with E-state index in [1.807, 2.05) is 0 Å². The Hall–Kier alpha value is -2.11. The molecule has 2 N–H and O–H groups in total. The van der Waals surface area contributed by atoms with E-state index in [1.54, 1.807) is 17.0 Å². The predicted octanol–water partition coefficient (Wildman–Crippen LogP) is 4.30. The van der Waals surface area contributed by atoms with E-state index in [0.29, 0.717) is 30.6 Å². The molecule has 3 rings (SSSR count). The van der Waals surface area contributed by atoms with Gasteiger partial charge in [-0.25, -0.2) is 9.18 Å². The number of halogens is 1. The largest absolute Gasteiger partial charge is 0.353 e. The molecule has 1 aliphatic heterocycles. The van der Waals surface area contributed by atoms with Gasteiger partial charge in [0.1, 0.15) is 5.82 Å². The SMILES string of the molecule is O=C(CC[C@@H]1CCCN(C(=O)Nc2ccc(F)cc2)C1)NC1CCCCC1. The van der Waals surface area contributed by atoms with Crippen molar-refractivity contribution in [3.8, 4) is 0 Å². The first kappa shape index (κ1) is 19.6. The molecule has 1 atom stereocenters. The average molecular weight is 375 g/mol. The van der Waals surface area contributed by atoms with Crippen molar-refractivity contribution in [2.45, 2.75) is 63.8 Å². The van der Waals surface area contributed by atoms with Gasteiger partial charge in [0.15, 0.2) is 0 Å². The highest BCUT2D eigenvalue weighted by molar-refractivity contribution is 5.89. The highest BCUT2D eigenvalue weighted by Gasteiger charge is 2.24. The van der Waals surface area contributed by atoms with Crippen molar-refractivity contribution < 1.29 is 14.0 Å². The Morgan fingerprint density at radius 3 is 2.52 bits per heavy atom. The molecular weight excluding hydrogens is 345 g/mol. The van der Waals surface area contributed by atoms with E-state index in [9.17, 15) is 14.0 Å². The third kappa shape index (κ3) is 6.22. The first-order chi connectivity index (χ1) is 13.1. The molecule has 0 spiro atoms. The molecule has 2 fully saturated rings. The second-order valence-corrected chi connectivity index (χ2v) is 7.83. The molecule has 1 saturated heterocycles. The minimum Gasteiger partial charge on any atom is -0.353 e. The first-order valence-corrected chi connectivity index (χ1v) is 10.2. The topological polar surface area (TPSA) is 61.4 Å². The molecule has 1 saturated carbocycles. The van der Waals surface area contributed by atoms with Crippen molar-refractivity contribution in [2.75, 3.05) is 18.4 Å². The maximum atomic E-state index is 13.0. The normalized spacial score (nSPS) is 20.9. The predicted molar refractivity (Wildman–Crippen MR) is 104 cm³/mol. The molecule has 148 valence electrons. The number of benzene rings is 1. The van der Waals surface area contributed by atoms with Gasteiger partial charge in [0.05, 0.1) is 0 Å². The van der Waals surface area contributed by atoms with Gasteiger partial charge in [0.25, 0.3) is 0 Å². The summed E-state index contributed by atoms with van der Waals surface area (Å²) in [6.07, 6.45) is 9.27. The van der Waals surface area contributed by atoms with E-state index in [4.69, 9.17) is 0 Å². The highest BCUT2D eigenvalue weighted by Crippen LogP contribution is 2.23. The number of amides is 3. The first-order valence-electron chi connectivity index (χ1n) is 10.2. The molecule has 0 bridgehead atoms. The number of rotatable bonds is 5. The zero-order chi connectivity index (χ0) is 19.1. The van der Waals surface area contributed by atoms with Crippen LogP contribution in [0.1, 0.15) is 57.8 Å². The van der Waals surface area contributed by atoms with Crippen LogP contribution in [0.4, 0.5) is 14.9 Å². The van der Waals surface area contributed by atoms with Crippen LogP contribution in [-0.2, 0) is 4.79 Å². The summed E-state index contributed by atoms with van der Waals surface area (Å²) in [7, 11) is 0. The number of hydrogen-bond acceptors (Lipinski definition) is 2. The van der Waals surface area contributed by atoms with E-state index in [-0.39, 0.29) is 17.8 Å². The van der Waals surface area contributed by atoms with Gasteiger partial charge in [-0.3, -0.25) is 4.79 Å². The summed E-state index contributed by atoms with van der Waals surface area (Å²) in [6, 6.07) is 5.99. The lowest BCUT2D eigenvalue weighted by molar-refractivity contribution is -0.122. The van der Waals surface area contributed by atoms with Crippen LogP contribution in [0.25, 0.3) is 0 Å². The molecule has 1 aliphatic carbocycles. The third-order valence-electron chi connectivity index (χ3n) is 5.65. The molecule has 2 aliphatic rings. The lowest BCUT2D eigenvalue weighted by atomic mass is 9.92. The summed E-state index contributed by atoms with van der Waals surface area (Å²) in [4.78, 5) is 26.4. The van der Waals surface area contributed by atoms with Gasteiger partial charge in [-0.05, 0) is 62.3 Å². The number of piperidine rings is 1. The number of carbonyl (C=O) groups is 2. The van der Waals surface area contributed by atoms with Gasteiger partial charge in [0.2, 0.25) is 5.91 Å². The van der Waals surface area contributed by atoms with Gasteiger partial charge >= 0.3 is 6.03 Å². The van der Waals surface area contributed by atoms with Crippen molar-refractivity contribution in [3.05, 3.63) is 30.1 Å². The standard InChI is InChI=1S/C21H30FN3O2/c22-17-9-11-19(12-10-17)24-21(27)25-14-4-5-16(15-25)8-13-20(26)23-18-6-2-1-3-7-18/h9-12,16,18H,1-8,13-15H2,(H,23,26)(H,24,27)/t16-/m0/s1. The van der Waals surface area contributed by atoms with Crippen LogP contribution in [0.5, 0.6) is 0 Å². The minimum absolute atomic E-state index is 0.148. The van der Waals surface area contributed by atoms with Gasteiger partial charge in [0, 0.05) is 31.2 Å².